The number of rotatable bonds is 2. The minimum atomic E-state index is -0.295. The van der Waals surface area contributed by atoms with E-state index in [1.165, 1.54) is 11.6 Å². The molecule has 0 saturated heterocycles. The number of hydrogen-bond acceptors (Lipinski definition) is 2. The normalized spacial score (nSPS) is 10.2. The van der Waals surface area contributed by atoms with Crippen molar-refractivity contribution in [3.05, 3.63) is 29.4 Å². The Bertz CT molecular complexity index is 592. The van der Waals surface area contributed by atoms with Crippen LogP contribution in [0.1, 0.15) is 0 Å². The van der Waals surface area contributed by atoms with Crippen molar-refractivity contribution in [3.8, 4) is 0 Å². The lowest BCUT2D eigenvalue weighted by Gasteiger charge is -2.02. The summed E-state index contributed by atoms with van der Waals surface area (Å²) in [5.74, 6) is 0. The molecular weight excluding hydrogens is 242 g/mol. The van der Waals surface area contributed by atoms with Gasteiger partial charge in [0.05, 0.1) is 11.2 Å². The molecule has 1 heterocycles. The van der Waals surface area contributed by atoms with Crippen molar-refractivity contribution >= 4 is 40.6 Å². The fourth-order valence-corrected chi connectivity index (χ4v) is 1.83. The maximum absolute atomic E-state index is 11.6. The van der Waals surface area contributed by atoms with E-state index in [0.717, 1.165) is 5.39 Å². The molecule has 2 rings (SSSR count). The van der Waals surface area contributed by atoms with Gasteiger partial charge in [-0.15, -0.1) is 0 Å². The monoisotopic (exact) mass is 251 g/mol. The molecule has 1 aromatic heterocycles. The van der Waals surface area contributed by atoms with Gasteiger partial charge in [-0.3, -0.25) is 9.36 Å². The largest absolute Gasteiger partial charge is 0.340 e. The summed E-state index contributed by atoms with van der Waals surface area (Å²) >= 11 is 5.89. The van der Waals surface area contributed by atoms with Gasteiger partial charge in [0, 0.05) is 23.7 Å². The van der Waals surface area contributed by atoms with Gasteiger partial charge in [0.1, 0.15) is 0 Å². The van der Waals surface area contributed by atoms with E-state index >= 15 is 0 Å². The van der Waals surface area contributed by atoms with E-state index in [9.17, 15) is 9.59 Å². The molecule has 0 bridgehead atoms. The maximum Gasteiger partial charge on any atom is 0.325 e. The van der Waals surface area contributed by atoms with Crippen LogP contribution in [0.5, 0.6) is 0 Å². The van der Waals surface area contributed by atoms with E-state index in [-0.39, 0.29) is 6.03 Å². The first-order valence-electron chi connectivity index (χ1n) is 4.90. The summed E-state index contributed by atoms with van der Waals surface area (Å²) in [4.78, 5) is 22.1. The van der Waals surface area contributed by atoms with Crippen LogP contribution in [0, 0.1) is 0 Å². The van der Waals surface area contributed by atoms with Crippen LogP contribution in [-0.4, -0.2) is 24.1 Å². The molecule has 88 valence electrons. The molecule has 2 aromatic rings. The van der Waals surface area contributed by atoms with E-state index < -0.39 is 0 Å². The first-order valence-corrected chi connectivity index (χ1v) is 5.28. The van der Waals surface area contributed by atoms with Gasteiger partial charge in [0.25, 0.3) is 0 Å². The summed E-state index contributed by atoms with van der Waals surface area (Å²) in [6, 6.07) is 4.83. The molecule has 0 radical (unpaired) electrons. The van der Waals surface area contributed by atoms with Crippen LogP contribution < -0.4 is 10.6 Å². The number of nitrogens with one attached hydrogen (secondary N) is 2. The van der Waals surface area contributed by atoms with Gasteiger partial charge in [-0.25, -0.2) is 4.79 Å². The van der Waals surface area contributed by atoms with Crippen molar-refractivity contribution in [2.75, 3.05) is 12.4 Å². The van der Waals surface area contributed by atoms with Gasteiger partial charge >= 0.3 is 6.03 Å². The van der Waals surface area contributed by atoms with Crippen LogP contribution in [0.2, 0.25) is 5.02 Å². The van der Waals surface area contributed by atoms with Crippen molar-refractivity contribution in [2.24, 2.45) is 0 Å². The predicted molar refractivity (Wildman–Crippen MR) is 66.5 cm³/mol. The highest BCUT2D eigenvalue weighted by Gasteiger charge is 2.12. The summed E-state index contributed by atoms with van der Waals surface area (Å²) in [5, 5.41) is 6.34. The molecule has 1 aromatic carbocycles. The molecule has 5 nitrogen and oxygen atoms in total. The number of halogens is 1. The van der Waals surface area contributed by atoms with Gasteiger partial charge in [-0.2, -0.15) is 0 Å². The van der Waals surface area contributed by atoms with Crippen LogP contribution in [0.25, 0.3) is 10.9 Å². The van der Waals surface area contributed by atoms with Gasteiger partial charge in [0.2, 0.25) is 6.41 Å². The van der Waals surface area contributed by atoms with Crippen LogP contribution in [-0.2, 0) is 4.79 Å². The number of carbonyl (C=O) groups excluding carboxylic acids is 2. The fraction of sp³-hybridized carbons (Fsp3) is 0.0909. The minimum absolute atomic E-state index is 0.295. The number of fused-ring (bicyclic) bond motifs is 1. The van der Waals surface area contributed by atoms with Crippen LogP contribution in [0.15, 0.2) is 24.4 Å². The Morgan fingerprint density at radius 3 is 2.88 bits per heavy atom. The quantitative estimate of drug-likeness (QED) is 0.803. The second kappa shape index (κ2) is 4.47. The number of anilines is 1. The average molecular weight is 252 g/mol. The van der Waals surface area contributed by atoms with Gasteiger partial charge in [-0.05, 0) is 18.2 Å². The number of benzene rings is 1. The van der Waals surface area contributed by atoms with Crippen LogP contribution in [0.4, 0.5) is 10.5 Å². The van der Waals surface area contributed by atoms with Crippen molar-refractivity contribution in [3.63, 3.8) is 0 Å². The Labute approximate surface area is 102 Å². The molecule has 0 fully saturated rings. The topological polar surface area (TPSA) is 63.1 Å². The highest BCUT2D eigenvalue weighted by Crippen LogP contribution is 2.28. The summed E-state index contributed by atoms with van der Waals surface area (Å²) in [6.45, 7) is 0. The Hall–Kier alpha value is -2.01. The number of carbonyl (C=O) groups is 2. The first kappa shape index (κ1) is 11.5. The lowest BCUT2D eigenvalue weighted by atomic mass is 10.2. The summed E-state index contributed by atoms with van der Waals surface area (Å²) in [7, 11) is 1.53. The fourth-order valence-electron chi connectivity index (χ4n) is 1.67. The van der Waals surface area contributed by atoms with Crippen molar-refractivity contribution < 1.29 is 9.59 Å². The van der Waals surface area contributed by atoms with Crippen LogP contribution in [0.3, 0.4) is 0 Å². The Morgan fingerprint density at radius 1 is 1.47 bits per heavy atom. The second-order valence-corrected chi connectivity index (χ2v) is 3.83. The zero-order chi connectivity index (χ0) is 12.4. The van der Waals surface area contributed by atoms with E-state index in [0.29, 0.717) is 22.6 Å². The lowest BCUT2D eigenvalue weighted by Crippen LogP contribution is -2.23. The third kappa shape index (κ3) is 1.97. The highest BCUT2D eigenvalue weighted by molar-refractivity contribution is 6.31. The van der Waals surface area contributed by atoms with Crippen LogP contribution >= 0.6 is 11.6 Å². The third-order valence-corrected chi connectivity index (χ3v) is 2.65. The number of nitrogens with zero attached hydrogens (tertiary/aromatic N) is 1. The van der Waals surface area contributed by atoms with E-state index in [4.69, 9.17) is 11.6 Å². The smallest absolute Gasteiger partial charge is 0.325 e. The van der Waals surface area contributed by atoms with E-state index in [1.807, 2.05) is 0 Å². The predicted octanol–water partition coefficient (Wildman–Crippen LogP) is 2.05. The third-order valence-electron chi connectivity index (χ3n) is 2.41. The molecule has 2 amide bonds. The number of aromatic nitrogens is 1. The zero-order valence-corrected chi connectivity index (χ0v) is 9.78. The average Bonchev–Trinajstić information content (AvgIpc) is 2.67. The molecule has 2 N–H and O–H groups in total. The van der Waals surface area contributed by atoms with Gasteiger partial charge in [0.15, 0.2) is 0 Å². The Morgan fingerprint density at radius 2 is 2.24 bits per heavy atom. The number of amides is 2. The molecule has 0 aliphatic rings. The zero-order valence-electron chi connectivity index (χ0n) is 9.03. The molecular formula is C11H10ClN3O2. The van der Waals surface area contributed by atoms with Gasteiger partial charge in [-0.1, -0.05) is 11.6 Å². The molecule has 0 atom stereocenters. The molecule has 0 unspecified atom stereocenters. The SMILES string of the molecule is CNC(=O)n1cc(NC=O)c2ccc(Cl)cc21. The lowest BCUT2D eigenvalue weighted by molar-refractivity contribution is -0.105. The maximum atomic E-state index is 11.6. The van der Waals surface area contributed by atoms with Crippen molar-refractivity contribution in [2.45, 2.75) is 0 Å². The first-order chi connectivity index (χ1) is 8.17. The Balaban J connectivity index is 2.70. The van der Waals surface area contributed by atoms with E-state index in [1.54, 1.807) is 24.4 Å². The Kier molecular flexibility index (Phi) is 3.01. The summed E-state index contributed by atoms with van der Waals surface area (Å²) in [5.41, 5.74) is 1.21. The van der Waals surface area contributed by atoms with Crippen molar-refractivity contribution in [1.82, 2.24) is 9.88 Å². The number of hydrogen-bond donors (Lipinski definition) is 2. The summed E-state index contributed by atoms with van der Waals surface area (Å²) in [6.07, 6.45) is 2.12. The minimum Gasteiger partial charge on any atom is -0.340 e. The highest BCUT2D eigenvalue weighted by atomic mass is 35.5. The second-order valence-electron chi connectivity index (χ2n) is 3.39. The molecule has 6 heteroatoms. The molecule has 0 saturated carbocycles. The molecule has 0 aliphatic heterocycles. The molecule has 0 aliphatic carbocycles. The molecule has 0 spiro atoms. The van der Waals surface area contributed by atoms with Gasteiger partial charge < -0.3 is 10.6 Å². The standard InChI is InChI=1S/C11H10ClN3O2/c1-13-11(17)15-5-9(14-6-16)8-3-2-7(12)4-10(8)15/h2-6H,1H3,(H,13,17)(H,14,16). The van der Waals surface area contributed by atoms with Crippen molar-refractivity contribution in [1.29, 1.82) is 0 Å². The van der Waals surface area contributed by atoms with E-state index in [2.05, 4.69) is 10.6 Å². The molecule has 17 heavy (non-hydrogen) atoms. The summed E-state index contributed by atoms with van der Waals surface area (Å²) < 4.78 is 1.40.